The summed E-state index contributed by atoms with van der Waals surface area (Å²) >= 11 is 0. The number of rotatable bonds is 1. The molecule has 0 aliphatic heterocycles. The Labute approximate surface area is 87.2 Å². The summed E-state index contributed by atoms with van der Waals surface area (Å²) in [6.45, 7) is 6.42. The van der Waals surface area contributed by atoms with E-state index in [2.05, 4.69) is 20.8 Å². The van der Waals surface area contributed by atoms with Crippen LogP contribution in [0.4, 0.5) is 0 Å². The van der Waals surface area contributed by atoms with Crippen LogP contribution >= 0.6 is 0 Å². The summed E-state index contributed by atoms with van der Waals surface area (Å²) in [5.41, 5.74) is 6.49. The first-order valence-corrected chi connectivity index (χ1v) is 5.87. The van der Waals surface area contributed by atoms with Gasteiger partial charge in [0.25, 0.3) is 0 Å². The van der Waals surface area contributed by atoms with E-state index >= 15 is 0 Å². The van der Waals surface area contributed by atoms with Gasteiger partial charge >= 0.3 is 0 Å². The standard InChI is InChI=1S/C12H23NO/c1-11(2,3)14-10-8-9(13)12(10)6-4-5-7-12/h9-10H,4-8,13H2,1-3H3. The zero-order valence-electron chi connectivity index (χ0n) is 9.68. The van der Waals surface area contributed by atoms with Crippen LogP contribution in [0.2, 0.25) is 0 Å². The van der Waals surface area contributed by atoms with Gasteiger partial charge in [-0.1, -0.05) is 12.8 Å². The smallest absolute Gasteiger partial charge is 0.0668 e. The van der Waals surface area contributed by atoms with Crippen LogP contribution in [0.1, 0.15) is 52.9 Å². The minimum absolute atomic E-state index is 0.0135. The van der Waals surface area contributed by atoms with Crippen LogP contribution in [0.3, 0.4) is 0 Å². The van der Waals surface area contributed by atoms with E-state index in [-0.39, 0.29) is 5.60 Å². The van der Waals surface area contributed by atoms with E-state index in [1.165, 1.54) is 25.7 Å². The summed E-state index contributed by atoms with van der Waals surface area (Å²) in [7, 11) is 0. The zero-order chi connectivity index (χ0) is 10.4. The Hall–Kier alpha value is -0.0800. The van der Waals surface area contributed by atoms with Crippen molar-refractivity contribution in [1.29, 1.82) is 0 Å². The maximum absolute atomic E-state index is 6.15. The first-order chi connectivity index (χ1) is 6.44. The Morgan fingerprint density at radius 2 is 1.79 bits per heavy atom. The summed E-state index contributed by atoms with van der Waals surface area (Å²) in [5.74, 6) is 0. The fourth-order valence-corrected chi connectivity index (χ4v) is 3.10. The van der Waals surface area contributed by atoms with Crippen molar-refractivity contribution in [1.82, 2.24) is 0 Å². The average molecular weight is 197 g/mol. The minimum Gasteiger partial charge on any atom is -0.372 e. The molecule has 0 amide bonds. The molecule has 0 heterocycles. The largest absolute Gasteiger partial charge is 0.372 e. The molecule has 0 saturated heterocycles. The molecule has 2 rings (SSSR count). The second-order valence-corrected chi connectivity index (χ2v) is 6.00. The van der Waals surface area contributed by atoms with Gasteiger partial charge in [0.2, 0.25) is 0 Å². The average Bonchev–Trinajstić information content (AvgIpc) is 2.51. The molecule has 82 valence electrons. The van der Waals surface area contributed by atoms with Gasteiger partial charge < -0.3 is 10.5 Å². The van der Waals surface area contributed by atoms with Crippen molar-refractivity contribution < 1.29 is 4.74 Å². The van der Waals surface area contributed by atoms with Crippen molar-refractivity contribution in [2.24, 2.45) is 11.1 Å². The molecule has 2 aliphatic rings. The molecule has 2 heteroatoms. The zero-order valence-corrected chi connectivity index (χ0v) is 9.68. The summed E-state index contributed by atoms with van der Waals surface area (Å²) < 4.78 is 6.10. The lowest BCUT2D eigenvalue weighted by Crippen LogP contribution is -2.62. The first-order valence-electron chi connectivity index (χ1n) is 5.87. The van der Waals surface area contributed by atoms with E-state index in [0.29, 0.717) is 17.6 Å². The van der Waals surface area contributed by atoms with Gasteiger partial charge in [0, 0.05) is 11.5 Å². The highest BCUT2D eigenvalue weighted by molar-refractivity contribution is 5.09. The molecule has 14 heavy (non-hydrogen) atoms. The third-order valence-electron chi connectivity index (χ3n) is 3.88. The summed E-state index contributed by atoms with van der Waals surface area (Å²) in [4.78, 5) is 0. The fraction of sp³-hybridized carbons (Fsp3) is 1.00. The topological polar surface area (TPSA) is 35.2 Å². The predicted octanol–water partition coefficient (Wildman–Crippen LogP) is 2.46. The number of hydrogen-bond donors (Lipinski definition) is 1. The van der Waals surface area contributed by atoms with Crippen LogP contribution in [0.25, 0.3) is 0 Å². The fourth-order valence-electron chi connectivity index (χ4n) is 3.10. The molecule has 2 saturated carbocycles. The third-order valence-corrected chi connectivity index (χ3v) is 3.88. The van der Waals surface area contributed by atoms with Crippen molar-refractivity contribution in [3.05, 3.63) is 0 Å². The molecule has 1 spiro atoms. The van der Waals surface area contributed by atoms with Crippen LogP contribution < -0.4 is 5.73 Å². The second kappa shape index (κ2) is 3.21. The first kappa shape index (κ1) is 10.4. The van der Waals surface area contributed by atoms with Crippen LogP contribution in [0.15, 0.2) is 0 Å². The van der Waals surface area contributed by atoms with E-state index in [4.69, 9.17) is 10.5 Å². The number of nitrogens with two attached hydrogens (primary N) is 1. The van der Waals surface area contributed by atoms with E-state index in [9.17, 15) is 0 Å². The monoisotopic (exact) mass is 197 g/mol. The van der Waals surface area contributed by atoms with Crippen LogP contribution in [-0.2, 0) is 4.74 Å². The molecule has 2 N–H and O–H groups in total. The number of hydrogen-bond acceptors (Lipinski definition) is 2. The van der Waals surface area contributed by atoms with Crippen LogP contribution in [-0.4, -0.2) is 17.7 Å². The highest BCUT2D eigenvalue weighted by atomic mass is 16.5. The van der Waals surface area contributed by atoms with Gasteiger partial charge in [0.1, 0.15) is 0 Å². The highest BCUT2D eigenvalue weighted by Crippen LogP contribution is 2.54. The molecule has 0 bridgehead atoms. The Bertz CT molecular complexity index is 213. The summed E-state index contributed by atoms with van der Waals surface area (Å²) in [6.07, 6.45) is 6.76. The molecule has 0 aromatic heterocycles. The van der Waals surface area contributed by atoms with Crippen LogP contribution in [0.5, 0.6) is 0 Å². The Morgan fingerprint density at radius 3 is 2.21 bits per heavy atom. The van der Waals surface area contributed by atoms with Gasteiger partial charge in [-0.05, 0) is 40.0 Å². The Kier molecular flexibility index (Phi) is 2.39. The predicted molar refractivity (Wildman–Crippen MR) is 58.1 cm³/mol. The normalized spacial score (nSPS) is 36.0. The maximum atomic E-state index is 6.15. The molecular weight excluding hydrogens is 174 g/mol. The molecule has 2 atom stereocenters. The lowest BCUT2D eigenvalue weighted by atomic mass is 9.61. The van der Waals surface area contributed by atoms with Gasteiger partial charge in [-0.2, -0.15) is 0 Å². The van der Waals surface area contributed by atoms with Crippen molar-refractivity contribution in [3.8, 4) is 0 Å². The summed E-state index contributed by atoms with van der Waals surface area (Å²) in [6, 6.07) is 0.400. The maximum Gasteiger partial charge on any atom is 0.0668 e. The van der Waals surface area contributed by atoms with Crippen molar-refractivity contribution in [2.45, 2.75) is 70.6 Å². The van der Waals surface area contributed by atoms with Gasteiger partial charge in [-0.25, -0.2) is 0 Å². The van der Waals surface area contributed by atoms with Gasteiger partial charge in [-0.15, -0.1) is 0 Å². The molecule has 2 nitrogen and oxygen atoms in total. The van der Waals surface area contributed by atoms with E-state index in [1.807, 2.05) is 0 Å². The Morgan fingerprint density at radius 1 is 1.21 bits per heavy atom. The van der Waals surface area contributed by atoms with Gasteiger partial charge in [0.15, 0.2) is 0 Å². The molecule has 2 fully saturated rings. The molecule has 0 aromatic carbocycles. The van der Waals surface area contributed by atoms with Crippen molar-refractivity contribution in [2.75, 3.05) is 0 Å². The van der Waals surface area contributed by atoms with E-state index in [1.54, 1.807) is 0 Å². The molecule has 0 radical (unpaired) electrons. The highest BCUT2D eigenvalue weighted by Gasteiger charge is 2.55. The van der Waals surface area contributed by atoms with E-state index in [0.717, 1.165) is 6.42 Å². The SMILES string of the molecule is CC(C)(C)OC1CC(N)C12CCCC2. The lowest BCUT2D eigenvalue weighted by molar-refractivity contribution is -0.177. The van der Waals surface area contributed by atoms with Crippen LogP contribution in [0, 0.1) is 5.41 Å². The third kappa shape index (κ3) is 1.59. The Balaban J connectivity index is 2.01. The number of ether oxygens (including phenoxy) is 1. The van der Waals surface area contributed by atoms with E-state index < -0.39 is 0 Å². The minimum atomic E-state index is -0.0135. The van der Waals surface area contributed by atoms with Crippen molar-refractivity contribution in [3.63, 3.8) is 0 Å². The quantitative estimate of drug-likeness (QED) is 0.701. The summed E-state index contributed by atoms with van der Waals surface area (Å²) in [5, 5.41) is 0. The van der Waals surface area contributed by atoms with Gasteiger partial charge in [0.05, 0.1) is 11.7 Å². The second-order valence-electron chi connectivity index (χ2n) is 6.00. The molecule has 2 unspecified atom stereocenters. The lowest BCUT2D eigenvalue weighted by Gasteiger charge is -2.54. The molecule has 2 aliphatic carbocycles. The molecular formula is C12H23NO. The van der Waals surface area contributed by atoms with Gasteiger partial charge in [-0.3, -0.25) is 0 Å². The molecule has 0 aromatic rings. The van der Waals surface area contributed by atoms with Crippen molar-refractivity contribution >= 4 is 0 Å².